The lowest BCUT2D eigenvalue weighted by Crippen LogP contribution is -2.11. The summed E-state index contributed by atoms with van der Waals surface area (Å²) in [5, 5.41) is 3.94. The zero-order chi connectivity index (χ0) is 13.2. The van der Waals surface area contributed by atoms with Gasteiger partial charge in [0.25, 0.3) is 0 Å². The average molecular weight is 255 g/mol. The normalized spacial score (nSPS) is 12.5. The van der Waals surface area contributed by atoms with Crippen LogP contribution in [0.25, 0.3) is 11.4 Å². The highest BCUT2D eigenvalue weighted by Crippen LogP contribution is 2.24. The van der Waals surface area contributed by atoms with E-state index in [1.54, 1.807) is 12.3 Å². The van der Waals surface area contributed by atoms with Gasteiger partial charge in [0.05, 0.1) is 11.8 Å². The summed E-state index contributed by atoms with van der Waals surface area (Å²) in [6.45, 7) is 1.85. The Morgan fingerprint density at radius 3 is 2.63 bits per heavy atom. The minimum atomic E-state index is -0.422. The molecule has 5 nitrogen and oxygen atoms in total. The molecule has 0 unspecified atom stereocenters. The molecule has 0 amide bonds. The van der Waals surface area contributed by atoms with E-state index in [1.807, 2.05) is 37.3 Å². The van der Waals surface area contributed by atoms with Crippen molar-refractivity contribution in [3.8, 4) is 11.4 Å². The van der Waals surface area contributed by atoms with E-state index in [0.29, 0.717) is 11.7 Å². The molecule has 0 aliphatic rings. The molecule has 0 saturated carbocycles. The highest BCUT2D eigenvalue weighted by Gasteiger charge is 2.18. The van der Waals surface area contributed by atoms with Gasteiger partial charge >= 0.3 is 0 Å². The van der Waals surface area contributed by atoms with Gasteiger partial charge in [0.15, 0.2) is 0 Å². The molecular formula is C14H13N3O2. The van der Waals surface area contributed by atoms with E-state index in [4.69, 9.17) is 14.7 Å². The quantitative estimate of drug-likeness (QED) is 0.778. The monoisotopic (exact) mass is 255 g/mol. The molecule has 0 saturated heterocycles. The molecule has 2 N–H and O–H groups in total. The highest BCUT2D eigenvalue weighted by atomic mass is 16.5. The molecule has 2 aromatic heterocycles. The Hall–Kier alpha value is -2.40. The van der Waals surface area contributed by atoms with Gasteiger partial charge in [-0.2, -0.15) is 4.98 Å². The molecule has 3 rings (SSSR count). The van der Waals surface area contributed by atoms with Crippen LogP contribution in [0.5, 0.6) is 0 Å². The molecule has 1 aromatic carbocycles. The number of rotatable bonds is 3. The molecule has 0 aliphatic carbocycles. The van der Waals surface area contributed by atoms with Crippen LogP contribution in [0.15, 0.2) is 51.6 Å². The lowest BCUT2D eigenvalue weighted by Gasteiger charge is -2.05. The molecule has 96 valence electrons. The highest BCUT2D eigenvalue weighted by molar-refractivity contribution is 5.56. The van der Waals surface area contributed by atoms with Gasteiger partial charge in [0, 0.05) is 0 Å². The van der Waals surface area contributed by atoms with Crippen LogP contribution in [-0.4, -0.2) is 10.1 Å². The van der Waals surface area contributed by atoms with Crippen LogP contribution in [-0.2, 0) is 0 Å². The van der Waals surface area contributed by atoms with Crippen molar-refractivity contribution in [2.45, 2.75) is 13.0 Å². The van der Waals surface area contributed by atoms with Crippen molar-refractivity contribution in [2.24, 2.45) is 5.73 Å². The van der Waals surface area contributed by atoms with E-state index in [0.717, 1.165) is 16.9 Å². The predicted octanol–water partition coefficient (Wildman–Crippen LogP) is 2.69. The van der Waals surface area contributed by atoms with Gasteiger partial charge in [-0.05, 0) is 18.6 Å². The van der Waals surface area contributed by atoms with Crippen LogP contribution >= 0.6 is 0 Å². The molecular weight excluding hydrogens is 242 g/mol. The first-order valence-corrected chi connectivity index (χ1v) is 5.94. The standard InChI is InChI=1S/C14H13N3O2/c1-9-11(7-8-18-9)13-16-14(19-17-13)12(15)10-5-3-2-4-6-10/h2-8,12H,15H2,1H3/t12-/m0/s1. The Morgan fingerprint density at radius 1 is 1.16 bits per heavy atom. The Morgan fingerprint density at radius 2 is 1.95 bits per heavy atom. The number of aryl methyl sites for hydroxylation is 1. The first-order chi connectivity index (χ1) is 9.25. The fourth-order valence-electron chi connectivity index (χ4n) is 1.89. The van der Waals surface area contributed by atoms with Crippen LogP contribution < -0.4 is 5.73 Å². The molecule has 3 aromatic rings. The molecule has 0 aliphatic heterocycles. The van der Waals surface area contributed by atoms with Gasteiger partial charge in [0.2, 0.25) is 11.7 Å². The maximum Gasteiger partial charge on any atom is 0.248 e. The van der Waals surface area contributed by atoms with E-state index in [-0.39, 0.29) is 0 Å². The van der Waals surface area contributed by atoms with Crippen LogP contribution in [0.2, 0.25) is 0 Å². The minimum Gasteiger partial charge on any atom is -0.469 e. The Kier molecular flexibility index (Phi) is 2.89. The van der Waals surface area contributed by atoms with Gasteiger partial charge in [0.1, 0.15) is 11.8 Å². The average Bonchev–Trinajstić information content (AvgIpc) is 3.07. The van der Waals surface area contributed by atoms with Crippen molar-refractivity contribution in [2.75, 3.05) is 0 Å². The Balaban J connectivity index is 1.92. The van der Waals surface area contributed by atoms with Crippen molar-refractivity contribution in [1.82, 2.24) is 10.1 Å². The molecule has 5 heteroatoms. The number of benzene rings is 1. The molecule has 2 heterocycles. The summed E-state index contributed by atoms with van der Waals surface area (Å²) >= 11 is 0. The molecule has 0 spiro atoms. The molecule has 0 fully saturated rings. The fourth-order valence-corrected chi connectivity index (χ4v) is 1.89. The van der Waals surface area contributed by atoms with E-state index in [1.165, 1.54) is 0 Å². The molecule has 19 heavy (non-hydrogen) atoms. The van der Waals surface area contributed by atoms with Crippen molar-refractivity contribution < 1.29 is 8.94 Å². The van der Waals surface area contributed by atoms with Gasteiger partial charge < -0.3 is 14.7 Å². The maximum atomic E-state index is 6.10. The number of furan rings is 1. The summed E-state index contributed by atoms with van der Waals surface area (Å²) in [6, 6.07) is 11.0. The number of aromatic nitrogens is 2. The molecule has 0 bridgehead atoms. The zero-order valence-electron chi connectivity index (χ0n) is 10.4. The summed E-state index contributed by atoms with van der Waals surface area (Å²) in [7, 11) is 0. The number of hydrogen-bond acceptors (Lipinski definition) is 5. The maximum absolute atomic E-state index is 6.10. The van der Waals surface area contributed by atoms with Crippen molar-refractivity contribution >= 4 is 0 Å². The van der Waals surface area contributed by atoms with Crippen molar-refractivity contribution in [3.63, 3.8) is 0 Å². The largest absolute Gasteiger partial charge is 0.469 e. The number of hydrogen-bond donors (Lipinski definition) is 1. The van der Waals surface area contributed by atoms with Gasteiger partial charge in [-0.3, -0.25) is 0 Å². The minimum absolute atomic E-state index is 0.391. The predicted molar refractivity (Wildman–Crippen MR) is 69.2 cm³/mol. The summed E-state index contributed by atoms with van der Waals surface area (Å²) < 4.78 is 10.5. The summed E-state index contributed by atoms with van der Waals surface area (Å²) in [5.74, 6) is 1.63. The summed E-state index contributed by atoms with van der Waals surface area (Å²) in [5.41, 5.74) is 7.85. The summed E-state index contributed by atoms with van der Waals surface area (Å²) in [6.07, 6.45) is 1.60. The fraction of sp³-hybridized carbons (Fsp3) is 0.143. The lowest BCUT2D eigenvalue weighted by atomic mass is 10.1. The van der Waals surface area contributed by atoms with Crippen molar-refractivity contribution in [3.05, 3.63) is 59.9 Å². The smallest absolute Gasteiger partial charge is 0.248 e. The van der Waals surface area contributed by atoms with E-state index in [9.17, 15) is 0 Å². The van der Waals surface area contributed by atoms with Crippen LogP contribution in [0, 0.1) is 6.92 Å². The zero-order valence-corrected chi connectivity index (χ0v) is 10.4. The van der Waals surface area contributed by atoms with Crippen LogP contribution in [0.1, 0.15) is 23.3 Å². The SMILES string of the molecule is Cc1occc1-c1noc([C@@H](N)c2ccccc2)n1. The van der Waals surface area contributed by atoms with E-state index in [2.05, 4.69) is 10.1 Å². The van der Waals surface area contributed by atoms with Gasteiger partial charge in [-0.25, -0.2) is 0 Å². The second-order valence-corrected chi connectivity index (χ2v) is 4.24. The van der Waals surface area contributed by atoms with Crippen LogP contribution in [0.4, 0.5) is 0 Å². The third-order valence-corrected chi connectivity index (χ3v) is 2.97. The van der Waals surface area contributed by atoms with Crippen LogP contribution in [0.3, 0.4) is 0 Å². The number of nitrogens with two attached hydrogens (primary N) is 1. The Bertz CT molecular complexity index is 673. The Labute approximate surface area is 110 Å². The lowest BCUT2D eigenvalue weighted by molar-refractivity contribution is 0.367. The van der Waals surface area contributed by atoms with Gasteiger partial charge in [-0.15, -0.1) is 0 Å². The third kappa shape index (κ3) is 2.15. The second-order valence-electron chi connectivity index (χ2n) is 4.24. The molecule has 1 atom stereocenters. The first-order valence-electron chi connectivity index (χ1n) is 5.94. The topological polar surface area (TPSA) is 78.1 Å². The van der Waals surface area contributed by atoms with Crippen molar-refractivity contribution in [1.29, 1.82) is 0 Å². The first kappa shape index (κ1) is 11.7. The van der Waals surface area contributed by atoms with E-state index >= 15 is 0 Å². The molecule has 0 radical (unpaired) electrons. The van der Waals surface area contributed by atoms with E-state index < -0.39 is 6.04 Å². The second kappa shape index (κ2) is 4.70. The third-order valence-electron chi connectivity index (χ3n) is 2.97. The number of nitrogens with zero attached hydrogens (tertiary/aromatic N) is 2. The van der Waals surface area contributed by atoms with Gasteiger partial charge in [-0.1, -0.05) is 35.5 Å². The summed E-state index contributed by atoms with van der Waals surface area (Å²) in [4.78, 5) is 4.33.